The standard InChI is InChI=1S/C15H25N3O/c1-5-9-17-15(16-3)18-10-8-13-7-6-12(2)14(11-13)19-4/h6-7,11H,5,8-10H2,1-4H3,(H2,16,17,18). The Morgan fingerprint density at radius 2 is 2.00 bits per heavy atom. The molecule has 4 heteroatoms. The summed E-state index contributed by atoms with van der Waals surface area (Å²) >= 11 is 0. The van der Waals surface area contributed by atoms with Crippen LogP contribution in [0.1, 0.15) is 24.5 Å². The summed E-state index contributed by atoms with van der Waals surface area (Å²) < 4.78 is 5.33. The molecule has 0 saturated carbocycles. The maximum atomic E-state index is 5.33. The van der Waals surface area contributed by atoms with Gasteiger partial charge in [-0.2, -0.15) is 0 Å². The molecule has 0 spiro atoms. The van der Waals surface area contributed by atoms with Crippen molar-refractivity contribution in [1.29, 1.82) is 0 Å². The average molecular weight is 263 g/mol. The van der Waals surface area contributed by atoms with Crippen LogP contribution in [0.25, 0.3) is 0 Å². The zero-order valence-corrected chi connectivity index (χ0v) is 12.4. The number of benzene rings is 1. The number of rotatable bonds is 6. The van der Waals surface area contributed by atoms with Crippen molar-refractivity contribution in [2.24, 2.45) is 4.99 Å². The molecule has 0 fully saturated rings. The fourth-order valence-electron chi connectivity index (χ4n) is 1.81. The summed E-state index contributed by atoms with van der Waals surface area (Å²) in [5.41, 5.74) is 2.43. The van der Waals surface area contributed by atoms with Crippen LogP contribution in [0.15, 0.2) is 23.2 Å². The van der Waals surface area contributed by atoms with Crippen LogP contribution in [0.2, 0.25) is 0 Å². The first-order chi connectivity index (χ1) is 9.21. The smallest absolute Gasteiger partial charge is 0.190 e. The Kier molecular flexibility index (Phi) is 6.79. The molecule has 19 heavy (non-hydrogen) atoms. The number of aliphatic imine (C=N–C) groups is 1. The van der Waals surface area contributed by atoms with Gasteiger partial charge in [0.05, 0.1) is 7.11 Å². The minimum atomic E-state index is 0.857. The molecule has 0 aromatic heterocycles. The molecule has 0 bridgehead atoms. The molecule has 0 unspecified atom stereocenters. The van der Waals surface area contributed by atoms with Gasteiger partial charge in [-0.3, -0.25) is 4.99 Å². The normalized spacial score (nSPS) is 11.3. The van der Waals surface area contributed by atoms with E-state index in [1.54, 1.807) is 14.2 Å². The van der Waals surface area contributed by atoms with Gasteiger partial charge in [-0.15, -0.1) is 0 Å². The fraction of sp³-hybridized carbons (Fsp3) is 0.533. The molecule has 0 aliphatic carbocycles. The molecule has 0 saturated heterocycles. The lowest BCUT2D eigenvalue weighted by atomic mass is 10.1. The predicted molar refractivity (Wildman–Crippen MR) is 81.1 cm³/mol. The van der Waals surface area contributed by atoms with Crippen molar-refractivity contribution in [3.05, 3.63) is 29.3 Å². The third kappa shape index (κ3) is 5.20. The number of guanidine groups is 1. The lowest BCUT2D eigenvalue weighted by molar-refractivity contribution is 0.411. The molecular weight excluding hydrogens is 238 g/mol. The summed E-state index contributed by atoms with van der Waals surface area (Å²) in [6.07, 6.45) is 2.04. The zero-order valence-electron chi connectivity index (χ0n) is 12.4. The lowest BCUT2D eigenvalue weighted by Gasteiger charge is -2.12. The maximum absolute atomic E-state index is 5.33. The predicted octanol–water partition coefficient (Wildman–Crippen LogP) is 2.12. The van der Waals surface area contributed by atoms with E-state index in [0.717, 1.165) is 37.6 Å². The third-order valence-corrected chi connectivity index (χ3v) is 2.94. The molecule has 0 heterocycles. The fourth-order valence-corrected chi connectivity index (χ4v) is 1.81. The van der Waals surface area contributed by atoms with Gasteiger partial charge in [0.1, 0.15) is 5.75 Å². The molecule has 4 nitrogen and oxygen atoms in total. The monoisotopic (exact) mass is 263 g/mol. The second-order valence-corrected chi connectivity index (χ2v) is 4.48. The van der Waals surface area contributed by atoms with Gasteiger partial charge in [0.25, 0.3) is 0 Å². The molecule has 2 N–H and O–H groups in total. The van der Waals surface area contributed by atoms with E-state index in [2.05, 4.69) is 47.7 Å². The minimum absolute atomic E-state index is 0.857. The summed E-state index contributed by atoms with van der Waals surface area (Å²) in [5, 5.41) is 6.55. The van der Waals surface area contributed by atoms with Crippen LogP contribution in [0.5, 0.6) is 5.75 Å². The Morgan fingerprint density at radius 1 is 1.26 bits per heavy atom. The summed E-state index contributed by atoms with van der Waals surface area (Å²) in [5.74, 6) is 1.81. The number of ether oxygens (including phenoxy) is 1. The molecule has 0 atom stereocenters. The van der Waals surface area contributed by atoms with Crippen molar-refractivity contribution in [2.75, 3.05) is 27.2 Å². The van der Waals surface area contributed by atoms with Crippen LogP contribution in [0, 0.1) is 6.92 Å². The first-order valence-corrected chi connectivity index (χ1v) is 6.79. The number of aryl methyl sites for hydroxylation is 1. The van der Waals surface area contributed by atoms with Crippen molar-refractivity contribution in [3.63, 3.8) is 0 Å². The summed E-state index contributed by atoms with van der Waals surface area (Å²) in [6, 6.07) is 6.33. The van der Waals surface area contributed by atoms with E-state index < -0.39 is 0 Å². The highest BCUT2D eigenvalue weighted by molar-refractivity contribution is 5.79. The summed E-state index contributed by atoms with van der Waals surface area (Å²) in [6.45, 7) is 5.99. The van der Waals surface area contributed by atoms with Crippen LogP contribution in [0.4, 0.5) is 0 Å². The lowest BCUT2D eigenvalue weighted by Crippen LogP contribution is -2.38. The molecule has 1 aromatic rings. The Balaban J connectivity index is 2.44. The Hall–Kier alpha value is -1.71. The van der Waals surface area contributed by atoms with Crippen molar-refractivity contribution < 1.29 is 4.74 Å². The summed E-state index contributed by atoms with van der Waals surface area (Å²) in [4.78, 5) is 4.17. The first-order valence-electron chi connectivity index (χ1n) is 6.79. The second kappa shape index (κ2) is 8.40. The van der Waals surface area contributed by atoms with E-state index in [0.29, 0.717) is 0 Å². The van der Waals surface area contributed by atoms with Crippen molar-refractivity contribution >= 4 is 5.96 Å². The van der Waals surface area contributed by atoms with Gasteiger partial charge in [0.15, 0.2) is 5.96 Å². The average Bonchev–Trinajstić information content (AvgIpc) is 2.44. The molecule has 1 rings (SSSR count). The van der Waals surface area contributed by atoms with Gasteiger partial charge < -0.3 is 15.4 Å². The molecular formula is C15H25N3O. The Morgan fingerprint density at radius 3 is 2.63 bits per heavy atom. The van der Waals surface area contributed by atoms with Crippen LogP contribution in [-0.2, 0) is 6.42 Å². The number of nitrogens with one attached hydrogen (secondary N) is 2. The molecule has 0 amide bonds. The quantitative estimate of drug-likeness (QED) is 0.610. The zero-order chi connectivity index (χ0) is 14.1. The van der Waals surface area contributed by atoms with Gasteiger partial charge in [-0.1, -0.05) is 19.1 Å². The van der Waals surface area contributed by atoms with Crippen LogP contribution < -0.4 is 15.4 Å². The number of methoxy groups -OCH3 is 1. The van der Waals surface area contributed by atoms with E-state index >= 15 is 0 Å². The van der Waals surface area contributed by atoms with E-state index in [4.69, 9.17) is 4.74 Å². The molecule has 1 aromatic carbocycles. The topological polar surface area (TPSA) is 45.7 Å². The van der Waals surface area contributed by atoms with Gasteiger partial charge >= 0.3 is 0 Å². The number of nitrogens with zero attached hydrogens (tertiary/aromatic N) is 1. The van der Waals surface area contributed by atoms with E-state index in [9.17, 15) is 0 Å². The van der Waals surface area contributed by atoms with Gasteiger partial charge in [0, 0.05) is 20.1 Å². The van der Waals surface area contributed by atoms with Crippen molar-refractivity contribution in [2.45, 2.75) is 26.7 Å². The van der Waals surface area contributed by atoms with Crippen LogP contribution >= 0.6 is 0 Å². The maximum Gasteiger partial charge on any atom is 0.190 e. The molecule has 0 aliphatic rings. The Bertz CT molecular complexity index is 416. The van der Waals surface area contributed by atoms with Crippen molar-refractivity contribution in [3.8, 4) is 5.75 Å². The first kappa shape index (κ1) is 15.3. The molecule has 0 radical (unpaired) electrons. The van der Waals surface area contributed by atoms with E-state index in [1.807, 2.05) is 0 Å². The second-order valence-electron chi connectivity index (χ2n) is 4.48. The van der Waals surface area contributed by atoms with Crippen LogP contribution in [0.3, 0.4) is 0 Å². The highest BCUT2D eigenvalue weighted by Crippen LogP contribution is 2.18. The minimum Gasteiger partial charge on any atom is -0.496 e. The van der Waals surface area contributed by atoms with Crippen molar-refractivity contribution in [1.82, 2.24) is 10.6 Å². The Labute approximate surface area is 116 Å². The highest BCUT2D eigenvalue weighted by atomic mass is 16.5. The van der Waals surface area contributed by atoms with E-state index in [1.165, 1.54) is 11.1 Å². The van der Waals surface area contributed by atoms with Gasteiger partial charge in [-0.25, -0.2) is 0 Å². The van der Waals surface area contributed by atoms with E-state index in [-0.39, 0.29) is 0 Å². The molecule has 106 valence electrons. The third-order valence-electron chi connectivity index (χ3n) is 2.94. The van der Waals surface area contributed by atoms with Gasteiger partial charge in [0.2, 0.25) is 0 Å². The largest absolute Gasteiger partial charge is 0.496 e. The molecule has 0 aliphatic heterocycles. The number of hydrogen-bond donors (Lipinski definition) is 2. The van der Waals surface area contributed by atoms with Gasteiger partial charge in [-0.05, 0) is 37.0 Å². The number of hydrogen-bond acceptors (Lipinski definition) is 2. The SMILES string of the molecule is CCCNC(=NC)NCCc1ccc(C)c(OC)c1. The van der Waals surface area contributed by atoms with Crippen LogP contribution in [-0.4, -0.2) is 33.2 Å². The summed E-state index contributed by atoms with van der Waals surface area (Å²) in [7, 11) is 3.50. The highest BCUT2D eigenvalue weighted by Gasteiger charge is 2.01.